The van der Waals surface area contributed by atoms with E-state index >= 15 is 0 Å². The van der Waals surface area contributed by atoms with E-state index in [4.69, 9.17) is 21.7 Å². The standard InChI is InChI=1S/C20H21NO2S2/c24-20(21-11-13-22-14-12-21)23-19(18-9-5-2-6-10-18)16-25-15-17-7-3-1-4-8-17/h1-10,16H,11-15H2/b19-16-. The smallest absolute Gasteiger partial charge is 0.265 e. The highest BCUT2D eigenvalue weighted by Crippen LogP contribution is 2.23. The van der Waals surface area contributed by atoms with Gasteiger partial charge in [0.2, 0.25) is 0 Å². The van der Waals surface area contributed by atoms with Gasteiger partial charge in [-0.1, -0.05) is 60.7 Å². The predicted octanol–water partition coefficient (Wildman–Crippen LogP) is 4.55. The quantitative estimate of drug-likeness (QED) is 0.566. The molecule has 0 bridgehead atoms. The molecule has 1 aliphatic rings. The molecule has 130 valence electrons. The zero-order valence-electron chi connectivity index (χ0n) is 14.0. The number of rotatable bonds is 5. The maximum absolute atomic E-state index is 6.06. The minimum Gasteiger partial charge on any atom is -0.431 e. The van der Waals surface area contributed by atoms with Gasteiger partial charge in [0.15, 0.2) is 0 Å². The molecule has 0 atom stereocenters. The minimum atomic E-state index is 0.513. The molecule has 3 rings (SSSR count). The Morgan fingerprint density at radius 2 is 1.68 bits per heavy atom. The summed E-state index contributed by atoms with van der Waals surface area (Å²) in [6.45, 7) is 2.93. The Labute approximate surface area is 158 Å². The molecule has 25 heavy (non-hydrogen) atoms. The van der Waals surface area contributed by atoms with Gasteiger partial charge in [0.05, 0.1) is 13.2 Å². The number of benzene rings is 2. The van der Waals surface area contributed by atoms with Crippen molar-refractivity contribution in [3.8, 4) is 0 Å². The first kappa shape index (κ1) is 18.0. The van der Waals surface area contributed by atoms with Crippen LogP contribution in [0.25, 0.3) is 5.76 Å². The normalized spacial score (nSPS) is 15.0. The van der Waals surface area contributed by atoms with Gasteiger partial charge in [-0.2, -0.15) is 0 Å². The Morgan fingerprint density at radius 1 is 1.04 bits per heavy atom. The number of hydrogen-bond donors (Lipinski definition) is 0. The van der Waals surface area contributed by atoms with Gasteiger partial charge in [0.1, 0.15) is 5.76 Å². The van der Waals surface area contributed by atoms with Crippen LogP contribution in [0.2, 0.25) is 0 Å². The van der Waals surface area contributed by atoms with Crippen molar-refractivity contribution in [3.63, 3.8) is 0 Å². The van der Waals surface area contributed by atoms with Crippen LogP contribution in [0, 0.1) is 0 Å². The molecule has 1 fully saturated rings. The number of morpholine rings is 1. The first-order valence-electron chi connectivity index (χ1n) is 8.28. The summed E-state index contributed by atoms with van der Waals surface area (Å²) in [4.78, 5) is 2.05. The third-order valence-corrected chi connectivity index (χ3v) is 5.03. The summed E-state index contributed by atoms with van der Waals surface area (Å²) in [7, 11) is 0. The van der Waals surface area contributed by atoms with Gasteiger partial charge in [0.25, 0.3) is 5.17 Å². The second-order valence-corrected chi connectivity index (χ2v) is 6.82. The Morgan fingerprint density at radius 3 is 2.36 bits per heavy atom. The van der Waals surface area contributed by atoms with Gasteiger partial charge in [-0.05, 0) is 17.8 Å². The second-order valence-electron chi connectivity index (χ2n) is 5.61. The second kappa shape index (κ2) is 9.61. The number of ether oxygens (including phenoxy) is 2. The summed E-state index contributed by atoms with van der Waals surface area (Å²) in [6, 6.07) is 20.5. The fourth-order valence-electron chi connectivity index (χ4n) is 2.45. The number of nitrogens with zero attached hydrogens (tertiary/aromatic N) is 1. The largest absolute Gasteiger partial charge is 0.431 e. The fourth-order valence-corrected chi connectivity index (χ4v) is 3.52. The monoisotopic (exact) mass is 371 g/mol. The van der Waals surface area contributed by atoms with E-state index in [1.807, 2.05) is 36.4 Å². The Kier molecular flexibility index (Phi) is 6.91. The van der Waals surface area contributed by atoms with Gasteiger partial charge in [0, 0.05) is 29.8 Å². The molecule has 0 unspecified atom stereocenters. The van der Waals surface area contributed by atoms with E-state index in [0.717, 1.165) is 30.2 Å². The minimum absolute atomic E-state index is 0.513. The van der Waals surface area contributed by atoms with Crippen molar-refractivity contribution in [2.75, 3.05) is 26.3 Å². The molecule has 0 saturated carbocycles. The summed E-state index contributed by atoms with van der Waals surface area (Å²) in [5.74, 6) is 1.68. The van der Waals surface area contributed by atoms with E-state index < -0.39 is 0 Å². The lowest BCUT2D eigenvalue weighted by atomic mass is 10.2. The van der Waals surface area contributed by atoms with Crippen molar-refractivity contribution in [1.29, 1.82) is 0 Å². The molecule has 2 aromatic carbocycles. The number of thioether (sulfide) groups is 1. The topological polar surface area (TPSA) is 21.7 Å². The molecular weight excluding hydrogens is 350 g/mol. The van der Waals surface area contributed by atoms with Crippen LogP contribution in [-0.4, -0.2) is 36.4 Å². The van der Waals surface area contributed by atoms with Gasteiger partial charge in [-0.25, -0.2) is 0 Å². The number of thiocarbonyl (C=S) groups is 1. The highest BCUT2D eigenvalue weighted by atomic mass is 32.2. The fraction of sp³-hybridized carbons (Fsp3) is 0.250. The van der Waals surface area contributed by atoms with Gasteiger partial charge in [-0.15, -0.1) is 11.8 Å². The molecule has 1 aliphatic heterocycles. The summed E-state index contributed by atoms with van der Waals surface area (Å²) in [5.41, 5.74) is 2.31. The van der Waals surface area contributed by atoms with Crippen LogP contribution in [-0.2, 0) is 15.2 Å². The molecule has 1 saturated heterocycles. The summed E-state index contributed by atoms with van der Waals surface area (Å²) >= 11 is 7.20. The Balaban J connectivity index is 1.68. The molecule has 2 aromatic rings. The lowest BCUT2D eigenvalue weighted by Crippen LogP contribution is -2.40. The van der Waals surface area contributed by atoms with Crippen LogP contribution in [0.15, 0.2) is 66.1 Å². The first-order chi connectivity index (χ1) is 12.3. The Hall–Kier alpha value is -1.82. The van der Waals surface area contributed by atoms with Gasteiger partial charge < -0.3 is 14.4 Å². The van der Waals surface area contributed by atoms with Crippen LogP contribution in [0.4, 0.5) is 0 Å². The predicted molar refractivity (Wildman–Crippen MR) is 108 cm³/mol. The number of hydrogen-bond acceptors (Lipinski definition) is 4. The maximum Gasteiger partial charge on any atom is 0.265 e. The summed E-state index contributed by atoms with van der Waals surface area (Å²) in [5, 5.41) is 2.56. The van der Waals surface area contributed by atoms with E-state index in [-0.39, 0.29) is 0 Å². The van der Waals surface area contributed by atoms with Crippen molar-refractivity contribution < 1.29 is 9.47 Å². The molecular formula is C20H21NO2S2. The van der Waals surface area contributed by atoms with E-state index in [0.29, 0.717) is 18.4 Å². The highest BCUT2D eigenvalue weighted by Gasteiger charge is 2.17. The molecule has 0 radical (unpaired) electrons. The van der Waals surface area contributed by atoms with Gasteiger partial charge in [-0.3, -0.25) is 0 Å². The molecule has 3 nitrogen and oxygen atoms in total. The molecule has 1 heterocycles. The van der Waals surface area contributed by atoms with Crippen molar-refractivity contribution >= 4 is 34.9 Å². The van der Waals surface area contributed by atoms with Crippen LogP contribution >= 0.6 is 24.0 Å². The SMILES string of the molecule is S=C(O/C(=C\SCc1ccccc1)c1ccccc1)N1CCOCC1. The molecule has 0 N–H and O–H groups in total. The average Bonchev–Trinajstić information content (AvgIpc) is 2.69. The van der Waals surface area contributed by atoms with E-state index in [2.05, 4.69) is 34.6 Å². The van der Waals surface area contributed by atoms with E-state index in [9.17, 15) is 0 Å². The molecule has 0 amide bonds. The lowest BCUT2D eigenvalue weighted by molar-refractivity contribution is 0.0622. The third kappa shape index (κ3) is 5.59. The van der Waals surface area contributed by atoms with Crippen LogP contribution in [0.1, 0.15) is 11.1 Å². The zero-order chi connectivity index (χ0) is 17.3. The molecule has 5 heteroatoms. The van der Waals surface area contributed by atoms with E-state index in [1.165, 1.54) is 5.56 Å². The Bertz CT molecular complexity index is 698. The van der Waals surface area contributed by atoms with Crippen molar-refractivity contribution in [2.45, 2.75) is 5.75 Å². The van der Waals surface area contributed by atoms with Crippen LogP contribution in [0.3, 0.4) is 0 Å². The van der Waals surface area contributed by atoms with Crippen molar-refractivity contribution in [2.24, 2.45) is 0 Å². The summed E-state index contributed by atoms with van der Waals surface area (Å²) in [6.07, 6.45) is 0. The maximum atomic E-state index is 6.06. The van der Waals surface area contributed by atoms with Crippen molar-refractivity contribution in [3.05, 3.63) is 77.2 Å². The highest BCUT2D eigenvalue weighted by molar-refractivity contribution is 8.01. The molecule has 0 aliphatic carbocycles. The van der Waals surface area contributed by atoms with Gasteiger partial charge >= 0.3 is 0 Å². The average molecular weight is 372 g/mol. The molecule has 0 spiro atoms. The lowest BCUT2D eigenvalue weighted by Gasteiger charge is -2.28. The first-order valence-corrected chi connectivity index (χ1v) is 9.74. The van der Waals surface area contributed by atoms with Crippen molar-refractivity contribution in [1.82, 2.24) is 4.90 Å². The van der Waals surface area contributed by atoms with Crippen LogP contribution in [0.5, 0.6) is 0 Å². The summed E-state index contributed by atoms with van der Waals surface area (Å²) < 4.78 is 11.4. The van der Waals surface area contributed by atoms with Crippen LogP contribution < -0.4 is 0 Å². The van der Waals surface area contributed by atoms with E-state index in [1.54, 1.807) is 11.8 Å². The molecule has 0 aromatic heterocycles. The third-order valence-electron chi connectivity index (χ3n) is 3.81. The zero-order valence-corrected chi connectivity index (χ0v) is 15.6.